The predicted molar refractivity (Wildman–Crippen MR) is 76.6 cm³/mol. The van der Waals surface area contributed by atoms with Gasteiger partial charge in [0.15, 0.2) is 6.10 Å². The quantitative estimate of drug-likeness (QED) is 0.718. The SMILES string of the molecule is COCCCNC(=O)C(C)Oc1ccc(F)cc1[C@@H](C)O. The van der Waals surface area contributed by atoms with Gasteiger partial charge in [0.2, 0.25) is 0 Å². The molecule has 1 amide bonds. The van der Waals surface area contributed by atoms with Crippen molar-refractivity contribution in [3.63, 3.8) is 0 Å². The molecule has 0 aliphatic rings. The molecule has 1 rings (SSSR count). The maximum Gasteiger partial charge on any atom is 0.260 e. The third kappa shape index (κ3) is 5.69. The van der Waals surface area contributed by atoms with Crippen molar-refractivity contribution in [2.24, 2.45) is 0 Å². The summed E-state index contributed by atoms with van der Waals surface area (Å²) in [6.07, 6.45) is -0.909. The Morgan fingerprint density at radius 3 is 2.76 bits per heavy atom. The number of benzene rings is 1. The third-order valence-electron chi connectivity index (χ3n) is 2.92. The number of aliphatic hydroxyl groups is 1. The number of nitrogens with one attached hydrogen (secondary N) is 1. The second-order valence-corrected chi connectivity index (χ2v) is 4.76. The molecule has 0 bridgehead atoms. The van der Waals surface area contributed by atoms with Crippen molar-refractivity contribution in [1.29, 1.82) is 0 Å². The van der Waals surface area contributed by atoms with E-state index in [-0.39, 0.29) is 5.91 Å². The Morgan fingerprint density at radius 1 is 1.43 bits per heavy atom. The molecule has 2 atom stereocenters. The molecule has 6 heteroatoms. The maximum absolute atomic E-state index is 13.2. The summed E-state index contributed by atoms with van der Waals surface area (Å²) in [5.41, 5.74) is 0.314. The van der Waals surface area contributed by atoms with E-state index in [1.807, 2.05) is 0 Å². The lowest BCUT2D eigenvalue weighted by molar-refractivity contribution is -0.127. The van der Waals surface area contributed by atoms with E-state index in [9.17, 15) is 14.3 Å². The Bertz CT molecular complexity index is 465. The van der Waals surface area contributed by atoms with E-state index in [4.69, 9.17) is 9.47 Å². The van der Waals surface area contributed by atoms with Crippen LogP contribution >= 0.6 is 0 Å². The Kier molecular flexibility index (Phi) is 7.11. The van der Waals surface area contributed by atoms with E-state index in [0.29, 0.717) is 30.9 Å². The van der Waals surface area contributed by atoms with E-state index in [1.54, 1.807) is 14.0 Å². The van der Waals surface area contributed by atoms with Crippen molar-refractivity contribution in [2.45, 2.75) is 32.5 Å². The number of ether oxygens (including phenoxy) is 2. The van der Waals surface area contributed by atoms with Gasteiger partial charge in [-0.15, -0.1) is 0 Å². The summed E-state index contributed by atoms with van der Waals surface area (Å²) < 4.78 is 23.6. The summed E-state index contributed by atoms with van der Waals surface area (Å²) in [4.78, 5) is 11.8. The van der Waals surface area contributed by atoms with Gasteiger partial charge in [0, 0.05) is 25.8 Å². The Morgan fingerprint density at radius 2 is 2.14 bits per heavy atom. The molecular weight excluding hydrogens is 277 g/mol. The van der Waals surface area contributed by atoms with Crippen LogP contribution in [-0.2, 0) is 9.53 Å². The molecule has 21 heavy (non-hydrogen) atoms. The van der Waals surface area contributed by atoms with Crippen molar-refractivity contribution in [3.05, 3.63) is 29.6 Å². The van der Waals surface area contributed by atoms with Gasteiger partial charge < -0.3 is 19.9 Å². The third-order valence-corrected chi connectivity index (χ3v) is 2.92. The van der Waals surface area contributed by atoms with E-state index >= 15 is 0 Å². The van der Waals surface area contributed by atoms with Gasteiger partial charge in [-0.3, -0.25) is 4.79 Å². The van der Waals surface area contributed by atoms with Gasteiger partial charge in [0.25, 0.3) is 5.91 Å². The van der Waals surface area contributed by atoms with Crippen molar-refractivity contribution in [1.82, 2.24) is 5.32 Å². The molecule has 2 N–H and O–H groups in total. The van der Waals surface area contributed by atoms with E-state index < -0.39 is 18.0 Å². The molecule has 1 aromatic rings. The van der Waals surface area contributed by atoms with Crippen LogP contribution in [0.2, 0.25) is 0 Å². The average molecular weight is 299 g/mol. The second kappa shape index (κ2) is 8.59. The largest absolute Gasteiger partial charge is 0.481 e. The highest BCUT2D eigenvalue weighted by molar-refractivity contribution is 5.80. The van der Waals surface area contributed by atoms with Crippen LogP contribution in [0.4, 0.5) is 4.39 Å². The fourth-order valence-corrected chi connectivity index (χ4v) is 1.77. The van der Waals surface area contributed by atoms with Crippen LogP contribution in [0, 0.1) is 5.82 Å². The molecule has 0 saturated heterocycles. The van der Waals surface area contributed by atoms with Gasteiger partial charge >= 0.3 is 0 Å². The summed E-state index contributed by atoms with van der Waals surface area (Å²) in [5.74, 6) is -0.437. The summed E-state index contributed by atoms with van der Waals surface area (Å²) in [6, 6.07) is 3.83. The van der Waals surface area contributed by atoms with Crippen LogP contribution in [0.5, 0.6) is 5.75 Å². The van der Waals surface area contributed by atoms with Gasteiger partial charge in [-0.25, -0.2) is 4.39 Å². The minimum absolute atomic E-state index is 0.271. The summed E-state index contributed by atoms with van der Waals surface area (Å²) in [6.45, 7) is 4.17. The second-order valence-electron chi connectivity index (χ2n) is 4.76. The number of rotatable bonds is 8. The van der Waals surface area contributed by atoms with Gasteiger partial charge in [-0.2, -0.15) is 0 Å². The van der Waals surface area contributed by atoms with Crippen LogP contribution in [0.1, 0.15) is 31.9 Å². The maximum atomic E-state index is 13.2. The average Bonchev–Trinajstić information content (AvgIpc) is 2.44. The zero-order valence-corrected chi connectivity index (χ0v) is 12.6. The molecule has 0 saturated carbocycles. The lowest BCUT2D eigenvalue weighted by Gasteiger charge is -2.18. The minimum atomic E-state index is -0.882. The zero-order chi connectivity index (χ0) is 15.8. The van der Waals surface area contributed by atoms with Gasteiger partial charge in [-0.05, 0) is 38.5 Å². The smallest absolute Gasteiger partial charge is 0.260 e. The lowest BCUT2D eigenvalue weighted by atomic mass is 10.1. The molecule has 118 valence electrons. The molecule has 0 fully saturated rings. The number of carbonyl (C=O) groups is 1. The molecule has 0 heterocycles. The Balaban J connectivity index is 2.61. The normalized spacial score (nSPS) is 13.6. The van der Waals surface area contributed by atoms with Crippen LogP contribution in [0.25, 0.3) is 0 Å². The lowest BCUT2D eigenvalue weighted by Crippen LogP contribution is -2.37. The molecule has 5 nitrogen and oxygen atoms in total. The Labute approximate surface area is 124 Å². The molecule has 0 aliphatic heterocycles. The number of hydrogen-bond acceptors (Lipinski definition) is 4. The van der Waals surface area contributed by atoms with Gasteiger partial charge in [0.1, 0.15) is 11.6 Å². The van der Waals surface area contributed by atoms with E-state index in [2.05, 4.69) is 5.32 Å². The van der Waals surface area contributed by atoms with Crippen LogP contribution in [0.15, 0.2) is 18.2 Å². The van der Waals surface area contributed by atoms with E-state index in [0.717, 1.165) is 0 Å². The predicted octanol–water partition coefficient (Wildman–Crippen LogP) is 1.80. The van der Waals surface area contributed by atoms with Crippen molar-refractivity contribution < 1.29 is 23.8 Å². The molecule has 0 spiro atoms. The number of amides is 1. The van der Waals surface area contributed by atoms with Crippen molar-refractivity contribution in [3.8, 4) is 5.75 Å². The van der Waals surface area contributed by atoms with Crippen molar-refractivity contribution in [2.75, 3.05) is 20.3 Å². The first-order valence-electron chi connectivity index (χ1n) is 6.86. The van der Waals surface area contributed by atoms with Crippen molar-refractivity contribution >= 4 is 5.91 Å². The first kappa shape index (κ1) is 17.4. The number of carbonyl (C=O) groups excluding carboxylic acids is 1. The fraction of sp³-hybridized carbons (Fsp3) is 0.533. The molecule has 0 aliphatic carbocycles. The van der Waals surface area contributed by atoms with Crippen LogP contribution in [-0.4, -0.2) is 37.4 Å². The molecule has 0 aromatic heterocycles. The molecule has 1 aromatic carbocycles. The standard InChI is InChI=1S/C15H22FNO4/c1-10(18)13-9-12(16)5-6-14(13)21-11(2)15(19)17-7-4-8-20-3/h5-6,9-11,18H,4,7-8H2,1-3H3,(H,17,19)/t10-,11?/m1/s1. The van der Waals surface area contributed by atoms with Gasteiger partial charge in [-0.1, -0.05) is 0 Å². The first-order valence-corrected chi connectivity index (χ1v) is 6.86. The Hall–Kier alpha value is -1.66. The minimum Gasteiger partial charge on any atom is -0.481 e. The summed E-state index contributed by atoms with van der Waals surface area (Å²) in [5, 5.41) is 12.3. The van der Waals surface area contributed by atoms with Crippen LogP contribution in [0.3, 0.4) is 0 Å². The summed E-state index contributed by atoms with van der Waals surface area (Å²) >= 11 is 0. The zero-order valence-electron chi connectivity index (χ0n) is 12.6. The highest BCUT2D eigenvalue weighted by Crippen LogP contribution is 2.26. The number of hydrogen-bond donors (Lipinski definition) is 2. The van der Waals surface area contributed by atoms with Gasteiger partial charge in [0.05, 0.1) is 6.10 Å². The summed E-state index contributed by atoms with van der Waals surface area (Å²) in [7, 11) is 1.60. The molecular formula is C15H22FNO4. The highest BCUT2D eigenvalue weighted by atomic mass is 19.1. The molecule has 1 unspecified atom stereocenters. The number of aliphatic hydroxyl groups excluding tert-OH is 1. The monoisotopic (exact) mass is 299 g/mol. The van der Waals surface area contributed by atoms with Crippen LogP contribution < -0.4 is 10.1 Å². The highest BCUT2D eigenvalue weighted by Gasteiger charge is 2.18. The molecule has 0 radical (unpaired) electrons. The number of halogens is 1. The number of methoxy groups -OCH3 is 1. The van der Waals surface area contributed by atoms with E-state index in [1.165, 1.54) is 25.1 Å². The fourth-order valence-electron chi connectivity index (χ4n) is 1.77. The first-order chi connectivity index (χ1) is 9.95. The topological polar surface area (TPSA) is 67.8 Å².